The zero-order valence-corrected chi connectivity index (χ0v) is 20.0. The lowest BCUT2D eigenvalue weighted by Gasteiger charge is -2.28. The van der Waals surface area contributed by atoms with Crippen molar-refractivity contribution in [3.05, 3.63) is 71.3 Å². The number of hydrogen-bond acceptors (Lipinski definition) is 5. The maximum absolute atomic E-state index is 13.1. The Kier molecular flexibility index (Phi) is 8.28. The van der Waals surface area contributed by atoms with Gasteiger partial charge in [-0.05, 0) is 48.8 Å². The fourth-order valence-electron chi connectivity index (χ4n) is 4.01. The van der Waals surface area contributed by atoms with Gasteiger partial charge in [0.1, 0.15) is 11.5 Å². The van der Waals surface area contributed by atoms with Gasteiger partial charge in [-0.2, -0.15) is 0 Å². The molecule has 1 amide bonds. The number of benzene rings is 2. The van der Waals surface area contributed by atoms with Crippen LogP contribution in [0.1, 0.15) is 44.9 Å². The van der Waals surface area contributed by atoms with Crippen molar-refractivity contribution in [1.82, 2.24) is 9.80 Å². The zero-order valence-electron chi connectivity index (χ0n) is 20.0. The molecule has 1 atom stereocenters. The summed E-state index contributed by atoms with van der Waals surface area (Å²) in [5.41, 5.74) is 1.41. The molecule has 33 heavy (non-hydrogen) atoms. The molecule has 2 aromatic carbocycles. The smallest absolute Gasteiger partial charge is 0.295 e. The highest BCUT2D eigenvalue weighted by Crippen LogP contribution is 2.39. The van der Waals surface area contributed by atoms with Crippen LogP contribution in [0.4, 0.5) is 0 Å². The number of rotatable bonds is 10. The van der Waals surface area contributed by atoms with Crippen LogP contribution in [0.15, 0.2) is 60.2 Å². The van der Waals surface area contributed by atoms with Gasteiger partial charge >= 0.3 is 0 Å². The van der Waals surface area contributed by atoms with E-state index in [1.165, 1.54) is 0 Å². The van der Waals surface area contributed by atoms with Crippen LogP contribution < -0.4 is 4.74 Å². The van der Waals surface area contributed by atoms with Crippen molar-refractivity contribution in [3.63, 3.8) is 0 Å². The van der Waals surface area contributed by atoms with Gasteiger partial charge in [0.2, 0.25) is 0 Å². The fourth-order valence-corrected chi connectivity index (χ4v) is 4.01. The number of carbonyl (C=O) groups excluding carboxylic acids is 2. The number of nitrogens with zero attached hydrogens (tertiary/aromatic N) is 2. The van der Waals surface area contributed by atoms with E-state index in [1.54, 1.807) is 29.2 Å². The number of ketones is 1. The molecule has 0 aliphatic carbocycles. The van der Waals surface area contributed by atoms with E-state index >= 15 is 0 Å². The van der Waals surface area contributed by atoms with Crippen LogP contribution in [0, 0.1) is 5.92 Å². The molecule has 6 nitrogen and oxygen atoms in total. The molecule has 1 aliphatic rings. The third-order valence-corrected chi connectivity index (χ3v) is 5.92. The number of likely N-dealkylation sites (N-methyl/N-ethyl adjacent to an activating group) is 1. The van der Waals surface area contributed by atoms with Crippen LogP contribution in [-0.4, -0.2) is 59.4 Å². The molecule has 1 N–H and O–H groups in total. The highest BCUT2D eigenvalue weighted by molar-refractivity contribution is 6.46. The van der Waals surface area contributed by atoms with E-state index in [-0.39, 0.29) is 11.3 Å². The van der Waals surface area contributed by atoms with Crippen molar-refractivity contribution in [3.8, 4) is 5.75 Å². The summed E-state index contributed by atoms with van der Waals surface area (Å²) in [5, 5.41) is 11.2. The first-order chi connectivity index (χ1) is 15.9. The summed E-state index contributed by atoms with van der Waals surface area (Å²) in [6, 6.07) is 15.8. The molecule has 1 fully saturated rings. The van der Waals surface area contributed by atoms with Gasteiger partial charge in [0.15, 0.2) is 0 Å². The SMILES string of the molecule is CCN(CC)CCN1C(=O)C(=O)C(=C(O)c2ccc(OCC(C)C)cc2)[C@H]1c1ccccc1. The maximum atomic E-state index is 13.1. The largest absolute Gasteiger partial charge is 0.507 e. The van der Waals surface area contributed by atoms with Gasteiger partial charge in [0.05, 0.1) is 18.2 Å². The molecule has 6 heteroatoms. The van der Waals surface area contributed by atoms with E-state index in [4.69, 9.17) is 4.74 Å². The van der Waals surface area contributed by atoms with Gasteiger partial charge in [0, 0.05) is 18.7 Å². The molecule has 1 saturated heterocycles. The van der Waals surface area contributed by atoms with Crippen molar-refractivity contribution in [2.75, 3.05) is 32.8 Å². The molecular formula is C27H34N2O4. The van der Waals surface area contributed by atoms with Crippen molar-refractivity contribution in [2.24, 2.45) is 5.92 Å². The van der Waals surface area contributed by atoms with E-state index in [1.807, 2.05) is 30.3 Å². The second kappa shape index (κ2) is 11.1. The average Bonchev–Trinajstić information content (AvgIpc) is 3.08. The normalized spacial score (nSPS) is 17.9. The lowest BCUT2D eigenvalue weighted by Crippen LogP contribution is -2.38. The number of aliphatic hydroxyl groups excluding tert-OH is 1. The topological polar surface area (TPSA) is 70.1 Å². The monoisotopic (exact) mass is 450 g/mol. The number of ether oxygens (including phenoxy) is 1. The summed E-state index contributed by atoms with van der Waals surface area (Å²) in [6.07, 6.45) is 0. The molecule has 0 radical (unpaired) electrons. The predicted molar refractivity (Wildman–Crippen MR) is 130 cm³/mol. The van der Waals surface area contributed by atoms with Crippen LogP contribution in [0.3, 0.4) is 0 Å². The maximum Gasteiger partial charge on any atom is 0.295 e. The summed E-state index contributed by atoms with van der Waals surface area (Å²) in [6.45, 7) is 11.7. The van der Waals surface area contributed by atoms with Gasteiger partial charge in [-0.3, -0.25) is 9.59 Å². The van der Waals surface area contributed by atoms with E-state index in [0.717, 1.165) is 18.7 Å². The second-order valence-corrected chi connectivity index (χ2v) is 8.66. The van der Waals surface area contributed by atoms with E-state index < -0.39 is 17.7 Å². The van der Waals surface area contributed by atoms with Crippen LogP contribution in [-0.2, 0) is 9.59 Å². The first-order valence-electron chi connectivity index (χ1n) is 11.7. The van der Waals surface area contributed by atoms with Gasteiger partial charge in [-0.1, -0.05) is 58.0 Å². The summed E-state index contributed by atoms with van der Waals surface area (Å²) in [4.78, 5) is 29.9. The first kappa shape index (κ1) is 24.5. The minimum absolute atomic E-state index is 0.126. The zero-order chi connectivity index (χ0) is 24.0. The summed E-state index contributed by atoms with van der Waals surface area (Å²) in [5.74, 6) is -0.297. The van der Waals surface area contributed by atoms with Crippen molar-refractivity contribution in [1.29, 1.82) is 0 Å². The Hall–Kier alpha value is -3.12. The summed E-state index contributed by atoms with van der Waals surface area (Å²) >= 11 is 0. The molecule has 0 bridgehead atoms. The second-order valence-electron chi connectivity index (χ2n) is 8.66. The number of hydrogen-bond donors (Lipinski definition) is 1. The molecular weight excluding hydrogens is 416 g/mol. The summed E-state index contributed by atoms with van der Waals surface area (Å²) < 4.78 is 5.72. The average molecular weight is 451 g/mol. The molecule has 3 rings (SSSR count). The minimum atomic E-state index is -0.652. The fraction of sp³-hybridized carbons (Fsp3) is 0.407. The number of carbonyl (C=O) groups is 2. The molecule has 2 aromatic rings. The van der Waals surface area contributed by atoms with Gasteiger partial charge < -0.3 is 19.6 Å². The summed E-state index contributed by atoms with van der Waals surface area (Å²) in [7, 11) is 0. The van der Waals surface area contributed by atoms with Gasteiger partial charge in [-0.25, -0.2) is 0 Å². The lowest BCUT2D eigenvalue weighted by molar-refractivity contribution is -0.140. The van der Waals surface area contributed by atoms with Crippen LogP contribution in [0.25, 0.3) is 5.76 Å². The number of Topliss-reactive ketones (excluding diaryl/α,β-unsaturated/α-hetero) is 1. The van der Waals surface area contributed by atoms with Crippen molar-refractivity contribution in [2.45, 2.75) is 33.7 Å². The Morgan fingerprint density at radius 3 is 2.24 bits per heavy atom. The Morgan fingerprint density at radius 1 is 1.03 bits per heavy atom. The predicted octanol–water partition coefficient (Wildman–Crippen LogP) is 4.48. The van der Waals surface area contributed by atoms with Crippen LogP contribution in [0.5, 0.6) is 5.75 Å². The van der Waals surface area contributed by atoms with E-state index in [9.17, 15) is 14.7 Å². The van der Waals surface area contributed by atoms with E-state index in [2.05, 4.69) is 32.6 Å². The van der Waals surface area contributed by atoms with Gasteiger partial charge in [-0.15, -0.1) is 0 Å². The molecule has 1 heterocycles. The molecule has 1 aliphatic heterocycles. The highest BCUT2D eigenvalue weighted by Gasteiger charge is 2.45. The third-order valence-electron chi connectivity index (χ3n) is 5.92. The minimum Gasteiger partial charge on any atom is -0.507 e. The number of amides is 1. The number of likely N-dealkylation sites (tertiary alicyclic amines) is 1. The lowest BCUT2D eigenvalue weighted by atomic mass is 9.95. The van der Waals surface area contributed by atoms with Crippen molar-refractivity contribution < 1.29 is 19.4 Å². The molecule has 0 aromatic heterocycles. The molecule has 0 unspecified atom stereocenters. The Morgan fingerprint density at radius 2 is 1.67 bits per heavy atom. The number of aliphatic hydroxyl groups is 1. The van der Waals surface area contributed by atoms with Gasteiger partial charge in [0.25, 0.3) is 11.7 Å². The third kappa shape index (κ3) is 5.63. The molecule has 176 valence electrons. The standard InChI is InChI=1S/C27H34N2O4/c1-5-28(6-2)16-17-29-24(20-10-8-7-9-11-20)23(26(31)27(29)32)25(30)21-12-14-22(15-13-21)33-18-19(3)4/h7-15,19,24,30H,5-6,16-18H2,1-4H3/t24-/m1/s1. The highest BCUT2D eigenvalue weighted by atomic mass is 16.5. The van der Waals surface area contributed by atoms with Crippen LogP contribution in [0.2, 0.25) is 0 Å². The van der Waals surface area contributed by atoms with E-state index in [0.29, 0.717) is 36.9 Å². The van der Waals surface area contributed by atoms with Crippen LogP contribution >= 0.6 is 0 Å². The quantitative estimate of drug-likeness (QED) is 0.328. The Labute approximate surface area is 196 Å². The van der Waals surface area contributed by atoms with Crippen molar-refractivity contribution >= 4 is 17.4 Å². The first-order valence-corrected chi connectivity index (χ1v) is 11.7. The molecule has 0 saturated carbocycles. The Bertz CT molecular complexity index is 979. The Balaban J connectivity index is 1.98. The molecule has 0 spiro atoms.